The van der Waals surface area contributed by atoms with E-state index in [9.17, 15) is 4.79 Å². The Labute approximate surface area is 124 Å². The lowest BCUT2D eigenvalue weighted by molar-refractivity contribution is -0.128. The molecule has 98 valence electrons. The summed E-state index contributed by atoms with van der Waals surface area (Å²) in [6.07, 6.45) is 2.78. The molecule has 0 aromatic carbocycles. The van der Waals surface area contributed by atoms with Gasteiger partial charge in [-0.1, -0.05) is 0 Å². The fourth-order valence-corrected chi connectivity index (χ4v) is 3.32. The fourth-order valence-electron chi connectivity index (χ4n) is 2.08. The number of rotatable bonds is 1. The molecule has 0 aliphatic carbocycles. The molecule has 1 aromatic rings. The van der Waals surface area contributed by atoms with E-state index in [0.29, 0.717) is 0 Å². The van der Waals surface area contributed by atoms with Gasteiger partial charge in [-0.05, 0) is 44.3 Å². The van der Waals surface area contributed by atoms with Crippen LogP contribution in [0.4, 0.5) is 5.82 Å². The Morgan fingerprint density at radius 3 is 2.72 bits per heavy atom. The Hall–Kier alpha value is -0.620. The summed E-state index contributed by atoms with van der Waals surface area (Å²) in [7, 11) is 0. The second-order valence-electron chi connectivity index (χ2n) is 4.31. The summed E-state index contributed by atoms with van der Waals surface area (Å²) in [5.74, 6) is 1.10. The number of carbonyl (C=O) groups is 1. The molecule has 18 heavy (non-hydrogen) atoms. The second-order valence-corrected chi connectivity index (χ2v) is 6.08. The molecule has 0 N–H and O–H groups in total. The third-order valence-electron chi connectivity index (χ3n) is 3.03. The third-order valence-corrected chi connectivity index (χ3v) is 4.05. The molecule has 0 radical (unpaired) electrons. The van der Waals surface area contributed by atoms with E-state index in [1.54, 1.807) is 13.1 Å². The molecule has 0 atom stereocenters. The summed E-state index contributed by atoms with van der Waals surface area (Å²) in [5.41, 5.74) is 0. The van der Waals surface area contributed by atoms with Crippen LogP contribution in [0, 0.1) is 0 Å². The van der Waals surface area contributed by atoms with Gasteiger partial charge in [0, 0.05) is 43.8 Å². The van der Waals surface area contributed by atoms with Crippen LogP contribution in [0.2, 0.25) is 0 Å². The molecule has 0 spiro atoms. The molecular formula is C12H15Br2N3O. The van der Waals surface area contributed by atoms with Crippen molar-refractivity contribution in [3.8, 4) is 0 Å². The van der Waals surface area contributed by atoms with E-state index in [1.807, 2.05) is 11.0 Å². The van der Waals surface area contributed by atoms with Crippen molar-refractivity contribution in [3.63, 3.8) is 0 Å². The highest BCUT2D eigenvalue weighted by molar-refractivity contribution is 9.11. The number of carbonyl (C=O) groups excluding carboxylic acids is 1. The van der Waals surface area contributed by atoms with Crippen LogP contribution < -0.4 is 4.90 Å². The van der Waals surface area contributed by atoms with Crippen LogP contribution >= 0.6 is 31.9 Å². The average Bonchev–Trinajstić information content (AvgIpc) is 2.54. The molecule has 6 heteroatoms. The van der Waals surface area contributed by atoms with Gasteiger partial charge in [0.2, 0.25) is 5.91 Å². The van der Waals surface area contributed by atoms with Crippen molar-refractivity contribution in [2.75, 3.05) is 31.1 Å². The average molecular weight is 377 g/mol. The van der Waals surface area contributed by atoms with Gasteiger partial charge in [0.1, 0.15) is 5.82 Å². The van der Waals surface area contributed by atoms with Crippen molar-refractivity contribution in [3.05, 3.63) is 21.2 Å². The monoisotopic (exact) mass is 375 g/mol. The van der Waals surface area contributed by atoms with E-state index in [4.69, 9.17) is 0 Å². The Balaban J connectivity index is 2.12. The van der Waals surface area contributed by atoms with E-state index < -0.39 is 0 Å². The maximum Gasteiger partial charge on any atom is 0.219 e. The van der Waals surface area contributed by atoms with Crippen LogP contribution in [0.15, 0.2) is 21.2 Å². The van der Waals surface area contributed by atoms with Crippen LogP contribution in [0.25, 0.3) is 0 Å². The zero-order valence-electron chi connectivity index (χ0n) is 10.2. The largest absolute Gasteiger partial charge is 0.354 e. The molecule has 0 bridgehead atoms. The number of pyridine rings is 1. The van der Waals surface area contributed by atoms with Gasteiger partial charge in [0.15, 0.2) is 0 Å². The summed E-state index contributed by atoms with van der Waals surface area (Å²) in [6, 6.07) is 2.00. The Kier molecular flexibility index (Phi) is 4.61. The minimum atomic E-state index is 0.152. The lowest BCUT2D eigenvalue weighted by Gasteiger charge is -2.23. The fraction of sp³-hybridized carbons (Fsp3) is 0.500. The number of nitrogens with zero attached hydrogens (tertiary/aromatic N) is 3. The van der Waals surface area contributed by atoms with Gasteiger partial charge in [0.25, 0.3) is 0 Å². The van der Waals surface area contributed by atoms with Crippen LogP contribution in [0.1, 0.15) is 13.3 Å². The standard InChI is InChI=1S/C12H15Br2N3O/c1-9(18)16-3-2-4-17(6-5-16)12-11(14)7-10(13)8-15-12/h7-8H,2-6H2,1H3. The molecule has 0 saturated carbocycles. The molecule has 1 saturated heterocycles. The molecule has 1 aromatic heterocycles. The van der Waals surface area contributed by atoms with Crippen molar-refractivity contribution in [2.45, 2.75) is 13.3 Å². The number of anilines is 1. The number of amides is 1. The number of hydrogen-bond acceptors (Lipinski definition) is 3. The predicted molar refractivity (Wildman–Crippen MR) is 78.7 cm³/mol. The van der Waals surface area contributed by atoms with Crippen LogP contribution in [-0.2, 0) is 4.79 Å². The van der Waals surface area contributed by atoms with Crippen LogP contribution in [0.5, 0.6) is 0 Å². The van der Waals surface area contributed by atoms with Crippen molar-refractivity contribution in [1.82, 2.24) is 9.88 Å². The first-order valence-corrected chi connectivity index (χ1v) is 7.48. The maximum atomic E-state index is 11.4. The summed E-state index contributed by atoms with van der Waals surface area (Å²) in [6.45, 7) is 4.98. The van der Waals surface area contributed by atoms with Gasteiger partial charge in [-0.25, -0.2) is 4.98 Å². The number of aromatic nitrogens is 1. The normalized spacial score (nSPS) is 16.6. The van der Waals surface area contributed by atoms with Gasteiger partial charge in [-0.15, -0.1) is 0 Å². The van der Waals surface area contributed by atoms with E-state index in [0.717, 1.165) is 47.4 Å². The molecule has 2 heterocycles. The summed E-state index contributed by atoms with van der Waals surface area (Å²) < 4.78 is 1.94. The van der Waals surface area contributed by atoms with Crippen molar-refractivity contribution in [2.24, 2.45) is 0 Å². The first-order chi connectivity index (χ1) is 8.58. The van der Waals surface area contributed by atoms with Gasteiger partial charge >= 0.3 is 0 Å². The quantitative estimate of drug-likeness (QED) is 0.755. The van der Waals surface area contributed by atoms with Crippen molar-refractivity contribution in [1.29, 1.82) is 0 Å². The Morgan fingerprint density at radius 1 is 1.28 bits per heavy atom. The number of hydrogen-bond donors (Lipinski definition) is 0. The predicted octanol–water partition coefficient (Wildman–Crippen LogP) is 2.67. The van der Waals surface area contributed by atoms with Crippen molar-refractivity contribution < 1.29 is 4.79 Å². The van der Waals surface area contributed by atoms with E-state index >= 15 is 0 Å². The summed E-state index contributed by atoms with van der Waals surface area (Å²) in [5, 5.41) is 0. The van der Waals surface area contributed by atoms with Gasteiger partial charge in [-0.3, -0.25) is 4.79 Å². The van der Waals surface area contributed by atoms with Crippen LogP contribution in [0.3, 0.4) is 0 Å². The number of halogens is 2. The second kappa shape index (κ2) is 6.02. The maximum absolute atomic E-state index is 11.4. The van der Waals surface area contributed by atoms with Gasteiger partial charge in [-0.2, -0.15) is 0 Å². The molecule has 1 fully saturated rings. The summed E-state index contributed by atoms with van der Waals surface area (Å²) >= 11 is 6.94. The van der Waals surface area contributed by atoms with Crippen LogP contribution in [-0.4, -0.2) is 42.0 Å². The van der Waals surface area contributed by atoms with Gasteiger partial charge in [0.05, 0.1) is 4.47 Å². The summed E-state index contributed by atoms with van der Waals surface area (Å²) in [4.78, 5) is 19.9. The molecule has 2 rings (SSSR count). The smallest absolute Gasteiger partial charge is 0.219 e. The molecule has 1 aliphatic rings. The third kappa shape index (κ3) is 3.23. The van der Waals surface area contributed by atoms with E-state index in [-0.39, 0.29) is 5.91 Å². The van der Waals surface area contributed by atoms with Gasteiger partial charge < -0.3 is 9.80 Å². The zero-order chi connectivity index (χ0) is 13.1. The molecule has 1 aliphatic heterocycles. The highest BCUT2D eigenvalue weighted by atomic mass is 79.9. The Bertz CT molecular complexity index is 453. The SMILES string of the molecule is CC(=O)N1CCCN(c2ncc(Br)cc2Br)CC1. The van der Waals surface area contributed by atoms with E-state index in [2.05, 4.69) is 41.7 Å². The zero-order valence-corrected chi connectivity index (χ0v) is 13.4. The highest BCUT2D eigenvalue weighted by Crippen LogP contribution is 2.27. The molecule has 4 nitrogen and oxygen atoms in total. The molecular weight excluding hydrogens is 362 g/mol. The van der Waals surface area contributed by atoms with Crippen molar-refractivity contribution >= 4 is 43.6 Å². The topological polar surface area (TPSA) is 36.4 Å². The van der Waals surface area contributed by atoms with E-state index in [1.165, 1.54) is 0 Å². The highest BCUT2D eigenvalue weighted by Gasteiger charge is 2.19. The molecule has 0 unspecified atom stereocenters. The first-order valence-electron chi connectivity index (χ1n) is 5.89. The first kappa shape index (κ1) is 13.8. The Morgan fingerprint density at radius 2 is 2.06 bits per heavy atom. The minimum Gasteiger partial charge on any atom is -0.354 e. The minimum absolute atomic E-state index is 0.152. The lowest BCUT2D eigenvalue weighted by Crippen LogP contribution is -2.33. The lowest BCUT2D eigenvalue weighted by atomic mass is 10.3. The molecule has 1 amide bonds.